The summed E-state index contributed by atoms with van der Waals surface area (Å²) in [5, 5.41) is 5.58. The summed E-state index contributed by atoms with van der Waals surface area (Å²) in [6.45, 7) is 2.40. The van der Waals surface area contributed by atoms with Gasteiger partial charge >= 0.3 is 0 Å². The fourth-order valence-electron chi connectivity index (χ4n) is 3.60. The third-order valence-electron chi connectivity index (χ3n) is 5.26. The van der Waals surface area contributed by atoms with E-state index in [1.165, 1.54) is 6.26 Å². The van der Waals surface area contributed by atoms with Crippen molar-refractivity contribution in [3.8, 4) is 0 Å². The lowest BCUT2D eigenvalue weighted by Gasteiger charge is -2.17. The number of anilines is 3. The SMILES string of the molecule is CCc1cccc(N2C[C@@H](C(=O)Nc3cccc(NC(=O)c4ccco4)c3)CC2=O)c1. The molecule has 3 aromatic rings. The van der Waals surface area contributed by atoms with Crippen LogP contribution in [0.5, 0.6) is 0 Å². The van der Waals surface area contributed by atoms with Crippen molar-refractivity contribution >= 4 is 34.8 Å². The molecule has 1 aliphatic rings. The molecule has 158 valence electrons. The molecular weight excluding hydrogens is 394 g/mol. The van der Waals surface area contributed by atoms with Gasteiger partial charge in [0.05, 0.1) is 12.2 Å². The number of furan rings is 1. The van der Waals surface area contributed by atoms with Crippen LogP contribution in [0, 0.1) is 5.92 Å². The largest absolute Gasteiger partial charge is 0.459 e. The van der Waals surface area contributed by atoms with Crippen LogP contribution < -0.4 is 15.5 Å². The minimum absolute atomic E-state index is 0.0622. The first-order valence-corrected chi connectivity index (χ1v) is 10.2. The van der Waals surface area contributed by atoms with Crippen LogP contribution in [0.2, 0.25) is 0 Å². The van der Waals surface area contributed by atoms with Crippen LogP contribution in [0.3, 0.4) is 0 Å². The highest BCUT2D eigenvalue weighted by molar-refractivity contribution is 6.04. The van der Waals surface area contributed by atoms with E-state index in [0.717, 1.165) is 17.7 Å². The van der Waals surface area contributed by atoms with E-state index >= 15 is 0 Å². The Morgan fingerprint density at radius 2 is 1.81 bits per heavy atom. The third-order valence-corrected chi connectivity index (χ3v) is 5.26. The van der Waals surface area contributed by atoms with Gasteiger partial charge in [-0.2, -0.15) is 0 Å². The molecule has 2 heterocycles. The van der Waals surface area contributed by atoms with E-state index in [9.17, 15) is 14.4 Å². The number of carbonyl (C=O) groups excluding carboxylic acids is 3. The minimum atomic E-state index is -0.445. The lowest BCUT2D eigenvalue weighted by atomic mass is 10.1. The Kier molecular flexibility index (Phi) is 5.84. The van der Waals surface area contributed by atoms with Gasteiger partial charge in [0.15, 0.2) is 5.76 Å². The van der Waals surface area contributed by atoms with Crippen LogP contribution in [-0.2, 0) is 16.0 Å². The monoisotopic (exact) mass is 417 g/mol. The summed E-state index contributed by atoms with van der Waals surface area (Å²) < 4.78 is 5.08. The van der Waals surface area contributed by atoms with E-state index in [1.54, 1.807) is 41.3 Å². The normalized spacial score (nSPS) is 15.7. The molecule has 4 rings (SSSR count). The summed E-state index contributed by atoms with van der Waals surface area (Å²) in [7, 11) is 0. The van der Waals surface area contributed by atoms with E-state index < -0.39 is 5.92 Å². The van der Waals surface area contributed by atoms with Gasteiger partial charge in [-0.1, -0.05) is 25.1 Å². The second-order valence-corrected chi connectivity index (χ2v) is 7.43. The Morgan fingerprint density at radius 1 is 1.03 bits per heavy atom. The van der Waals surface area contributed by atoms with Crippen LogP contribution in [0.15, 0.2) is 71.3 Å². The molecule has 1 saturated heterocycles. The average molecular weight is 417 g/mol. The second-order valence-electron chi connectivity index (χ2n) is 7.43. The number of hydrogen-bond acceptors (Lipinski definition) is 4. The number of benzene rings is 2. The maximum Gasteiger partial charge on any atom is 0.291 e. The summed E-state index contributed by atoms with van der Waals surface area (Å²) in [6, 6.07) is 17.9. The van der Waals surface area contributed by atoms with Gasteiger partial charge in [-0.3, -0.25) is 14.4 Å². The summed E-state index contributed by atoms with van der Waals surface area (Å²) in [5.74, 6) is -0.907. The topological polar surface area (TPSA) is 91.7 Å². The van der Waals surface area contributed by atoms with Gasteiger partial charge in [0, 0.05) is 30.0 Å². The van der Waals surface area contributed by atoms with Gasteiger partial charge in [-0.15, -0.1) is 0 Å². The molecule has 7 heteroatoms. The maximum atomic E-state index is 12.8. The third kappa shape index (κ3) is 4.66. The molecule has 1 fully saturated rings. The maximum absolute atomic E-state index is 12.8. The van der Waals surface area contributed by atoms with E-state index in [-0.39, 0.29) is 29.9 Å². The van der Waals surface area contributed by atoms with Gasteiger partial charge in [0.1, 0.15) is 0 Å². The van der Waals surface area contributed by atoms with Crippen molar-refractivity contribution in [3.05, 3.63) is 78.3 Å². The highest BCUT2D eigenvalue weighted by atomic mass is 16.3. The Bertz CT molecular complexity index is 1110. The van der Waals surface area contributed by atoms with Crippen LogP contribution in [0.25, 0.3) is 0 Å². The van der Waals surface area contributed by atoms with Gasteiger partial charge < -0.3 is 20.0 Å². The smallest absolute Gasteiger partial charge is 0.291 e. The molecule has 1 atom stereocenters. The predicted octanol–water partition coefficient (Wildman–Crippen LogP) is 4.09. The molecule has 0 saturated carbocycles. The number of amides is 3. The van der Waals surface area contributed by atoms with Crippen molar-refractivity contribution in [2.24, 2.45) is 5.92 Å². The van der Waals surface area contributed by atoms with Crippen LogP contribution >= 0.6 is 0 Å². The first-order valence-electron chi connectivity index (χ1n) is 10.2. The standard InChI is InChI=1S/C24H23N3O4/c1-2-16-6-3-9-20(12-16)27-15-17(13-22(27)28)23(29)25-18-7-4-8-19(14-18)26-24(30)21-10-5-11-31-21/h3-12,14,17H,2,13,15H2,1H3,(H,25,29)(H,26,30)/t17-/m0/s1. The average Bonchev–Trinajstić information content (AvgIpc) is 3.44. The van der Waals surface area contributed by atoms with Crippen molar-refractivity contribution in [2.45, 2.75) is 19.8 Å². The van der Waals surface area contributed by atoms with E-state index in [0.29, 0.717) is 17.9 Å². The number of nitrogens with one attached hydrogen (secondary N) is 2. The van der Waals surface area contributed by atoms with E-state index in [4.69, 9.17) is 4.42 Å². The van der Waals surface area contributed by atoms with Gasteiger partial charge in [-0.05, 0) is 54.4 Å². The molecule has 0 spiro atoms. The number of aryl methyl sites for hydroxylation is 1. The molecule has 0 unspecified atom stereocenters. The predicted molar refractivity (Wildman–Crippen MR) is 118 cm³/mol. The second kappa shape index (κ2) is 8.87. The minimum Gasteiger partial charge on any atom is -0.459 e. The zero-order chi connectivity index (χ0) is 21.8. The highest BCUT2D eigenvalue weighted by Gasteiger charge is 2.35. The Morgan fingerprint density at radius 3 is 2.55 bits per heavy atom. The Balaban J connectivity index is 1.40. The van der Waals surface area contributed by atoms with Crippen LogP contribution in [0.4, 0.5) is 17.1 Å². The van der Waals surface area contributed by atoms with Gasteiger partial charge in [0.2, 0.25) is 11.8 Å². The van der Waals surface area contributed by atoms with Crippen molar-refractivity contribution in [3.63, 3.8) is 0 Å². The summed E-state index contributed by atoms with van der Waals surface area (Å²) >= 11 is 0. The van der Waals surface area contributed by atoms with Crippen molar-refractivity contribution in [1.29, 1.82) is 0 Å². The molecule has 2 N–H and O–H groups in total. The summed E-state index contributed by atoms with van der Waals surface area (Å²) in [5.41, 5.74) is 3.04. The van der Waals surface area contributed by atoms with Gasteiger partial charge in [0.25, 0.3) is 5.91 Å². The molecule has 3 amide bonds. The number of hydrogen-bond donors (Lipinski definition) is 2. The Labute approximate surface area is 180 Å². The lowest BCUT2D eigenvalue weighted by molar-refractivity contribution is -0.122. The van der Waals surface area contributed by atoms with Gasteiger partial charge in [-0.25, -0.2) is 0 Å². The number of rotatable bonds is 6. The zero-order valence-corrected chi connectivity index (χ0v) is 17.1. The first-order chi connectivity index (χ1) is 15.0. The van der Waals surface area contributed by atoms with Crippen molar-refractivity contribution in [2.75, 3.05) is 22.1 Å². The summed E-state index contributed by atoms with van der Waals surface area (Å²) in [4.78, 5) is 39.1. The first kappa shape index (κ1) is 20.4. The van der Waals surface area contributed by atoms with E-state index in [2.05, 4.69) is 17.6 Å². The highest BCUT2D eigenvalue weighted by Crippen LogP contribution is 2.27. The molecule has 2 aromatic carbocycles. The fourth-order valence-corrected chi connectivity index (χ4v) is 3.60. The molecule has 7 nitrogen and oxygen atoms in total. The van der Waals surface area contributed by atoms with Crippen LogP contribution in [-0.4, -0.2) is 24.3 Å². The molecule has 1 aromatic heterocycles. The summed E-state index contributed by atoms with van der Waals surface area (Å²) in [6.07, 6.45) is 2.47. The van der Waals surface area contributed by atoms with Crippen molar-refractivity contribution in [1.82, 2.24) is 0 Å². The van der Waals surface area contributed by atoms with Crippen LogP contribution in [0.1, 0.15) is 29.5 Å². The molecule has 0 bridgehead atoms. The zero-order valence-electron chi connectivity index (χ0n) is 17.1. The van der Waals surface area contributed by atoms with Crippen molar-refractivity contribution < 1.29 is 18.8 Å². The molecule has 1 aliphatic heterocycles. The molecule has 0 aliphatic carbocycles. The van der Waals surface area contributed by atoms with E-state index in [1.807, 2.05) is 24.3 Å². The number of nitrogens with zero attached hydrogens (tertiary/aromatic N) is 1. The number of carbonyl (C=O) groups is 3. The molecule has 31 heavy (non-hydrogen) atoms. The lowest BCUT2D eigenvalue weighted by Crippen LogP contribution is -2.28. The molecule has 0 radical (unpaired) electrons. The molecular formula is C24H23N3O4. The Hall–Kier alpha value is -3.87. The fraction of sp³-hybridized carbons (Fsp3) is 0.208. The quantitative estimate of drug-likeness (QED) is 0.632.